The minimum absolute atomic E-state index is 0.0421. The molecule has 238 valence electrons. The maximum atomic E-state index is 14.7. The van der Waals surface area contributed by atoms with Crippen LogP contribution < -0.4 is 9.64 Å². The number of aliphatic hydroxyl groups excluding tert-OH is 1. The van der Waals surface area contributed by atoms with E-state index in [1.54, 1.807) is 16.7 Å². The SMILES string of the molecule is CCOc1ccc(N2CC=C[C@]3(C)S[C@]45C=CCN(C6CCCCC6)C(=O)C4N(CCCCCCO)C(=O)[C@@H]5[C@@H]3C2=O)cc1. The number of amides is 3. The van der Waals surface area contributed by atoms with Gasteiger partial charge in [0, 0.05) is 42.7 Å². The van der Waals surface area contributed by atoms with Crippen LogP contribution in [0.1, 0.15) is 71.6 Å². The lowest BCUT2D eigenvalue weighted by molar-refractivity contribution is -0.144. The minimum atomic E-state index is -0.816. The second-order valence-electron chi connectivity index (χ2n) is 13.1. The zero-order valence-electron chi connectivity index (χ0n) is 26.2. The van der Waals surface area contributed by atoms with Crippen LogP contribution in [0.5, 0.6) is 5.75 Å². The van der Waals surface area contributed by atoms with Crippen molar-refractivity contribution in [1.82, 2.24) is 9.80 Å². The molecule has 1 aliphatic carbocycles. The Morgan fingerprint density at radius 1 is 0.886 bits per heavy atom. The summed E-state index contributed by atoms with van der Waals surface area (Å²) >= 11 is 1.66. The van der Waals surface area contributed by atoms with Gasteiger partial charge in [-0.3, -0.25) is 14.4 Å². The smallest absolute Gasteiger partial charge is 0.247 e. The van der Waals surface area contributed by atoms with E-state index >= 15 is 0 Å². The molecule has 3 amide bonds. The van der Waals surface area contributed by atoms with E-state index in [9.17, 15) is 19.5 Å². The molecule has 1 N–H and O–H groups in total. The molecule has 5 atom stereocenters. The standard InChI is InChI=1S/C35H47N3O5S/c1-3-43-27-17-15-26(16-18-27)36-22-11-19-34(2)28(31(36)40)29-32(41)38(21-9-4-5-10-24-39)30-33(42)37(25-13-7-6-8-14-25)23-12-20-35(29,30)44-34/h11-12,15-20,25,28-30,39H,3-10,13-14,21-24H2,1-2H3/t28-,29+,30?,34+,35+/m1/s1. The summed E-state index contributed by atoms with van der Waals surface area (Å²) < 4.78 is 4.18. The van der Waals surface area contributed by atoms with Crippen LogP contribution in [-0.4, -0.2) is 87.1 Å². The number of benzene rings is 1. The second-order valence-corrected chi connectivity index (χ2v) is 14.9. The van der Waals surface area contributed by atoms with Gasteiger partial charge < -0.3 is 24.5 Å². The van der Waals surface area contributed by atoms with Gasteiger partial charge in [-0.05, 0) is 63.8 Å². The fourth-order valence-corrected chi connectivity index (χ4v) is 10.5. The molecule has 2 saturated heterocycles. The molecule has 0 bridgehead atoms. The first-order valence-electron chi connectivity index (χ1n) is 16.7. The summed E-state index contributed by atoms with van der Waals surface area (Å²) in [5.41, 5.74) is 0.775. The molecular weight excluding hydrogens is 574 g/mol. The van der Waals surface area contributed by atoms with E-state index in [0.717, 1.165) is 62.8 Å². The summed E-state index contributed by atoms with van der Waals surface area (Å²) in [6.45, 7) is 6.22. The van der Waals surface area contributed by atoms with Crippen molar-refractivity contribution in [3.63, 3.8) is 0 Å². The molecule has 1 aromatic carbocycles. The third-order valence-corrected chi connectivity index (χ3v) is 12.2. The number of fused-ring (bicyclic) bond motifs is 2. The maximum absolute atomic E-state index is 14.7. The number of unbranched alkanes of at least 4 members (excludes halogenated alkanes) is 3. The predicted molar refractivity (Wildman–Crippen MR) is 174 cm³/mol. The van der Waals surface area contributed by atoms with Gasteiger partial charge in [-0.15, -0.1) is 11.8 Å². The number of anilines is 1. The topological polar surface area (TPSA) is 90.4 Å². The number of carbonyl (C=O) groups is 3. The minimum Gasteiger partial charge on any atom is -0.494 e. The third kappa shape index (κ3) is 5.38. The summed E-state index contributed by atoms with van der Waals surface area (Å²) in [5.74, 6) is -0.583. The van der Waals surface area contributed by atoms with E-state index in [0.29, 0.717) is 26.2 Å². The maximum Gasteiger partial charge on any atom is 0.247 e. The Labute approximate surface area is 265 Å². The Morgan fingerprint density at radius 2 is 1.61 bits per heavy atom. The highest BCUT2D eigenvalue weighted by Gasteiger charge is 2.74. The Hall–Kier alpha value is -2.78. The average Bonchev–Trinajstić information content (AvgIpc) is 3.28. The molecule has 44 heavy (non-hydrogen) atoms. The van der Waals surface area contributed by atoms with Crippen molar-refractivity contribution >= 4 is 35.2 Å². The quantitative estimate of drug-likeness (QED) is 0.294. The average molecular weight is 622 g/mol. The van der Waals surface area contributed by atoms with E-state index in [2.05, 4.69) is 25.2 Å². The lowest BCUT2D eigenvalue weighted by Crippen LogP contribution is -2.55. The first-order valence-corrected chi connectivity index (χ1v) is 17.5. The first kappa shape index (κ1) is 31.2. The van der Waals surface area contributed by atoms with Gasteiger partial charge in [0.15, 0.2) is 0 Å². The summed E-state index contributed by atoms with van der Waals surface area (Å²) in [6.07, 6.45) is 17.1. The Bertz CT molecular complexity index is 1290. The number of ether oxygens (including phenoxy) is 1. The van der Waals surface area contributed by atoms with E-state index in [1.807, 2.05) is 47.1 Å². The zero-order chi connectivity index (χ0) is 30.9. The lowest BCUT2D eigenvalue weighted by Gasteiger charge is -2.40. The summed E-state index contributed by atoms with van der Waals surface area (Å²) in [4.78, 5) is 49.7. The largest absolute Gasteiger partial charge is 0.494 e. The fourth-order valence-electron chi connectivity index (χ4n) is 8.37. The number of hydrogen-bond acceptors (Lipinski definition) is 6. The van der Waals surface area contributed by atoms with Gasteiger partial charge >= 0.3 is 0 Å². The highest BCUT2D eigenvalue weighted by atomic mass is 32.2. The molecule has 0 radical (unpaired) electrons. The van der Waals surface area contributed by atoms with Crippen molar-refractivity contribution < 1.29 is 24.2 Å². The molecule has 4 aliphatic heterocycles. The van der Waals surface area contributed by atoms with Crippen molar-refractivity contribution in [2.75, 3.05) is 37.7 Å². The monoisotopic (exact) mass is 621 g/mol. The van der Waals surface area contributed by atoms with Gasteiger partial charge in [0.25, 0.3) is 0 Å². The highest BCUT2D eigenvalue weighted by molar-refractivity contribution is 8.02. The van der Waals surface area contributed by atoms with Crippen LogP contribution in [0.3, 0.4) is 0 Å². The van der Waals surface area contributed by atoms with E-state index < -0.39 is 27.4 Å². The van der Waals surface area contributed by atoms with E-state index in [-0.39, 0.29) is 30.4 Å². The van der Waals surface area contributed by atoms with Crippen LogP contribution in [0, 0.1) is 11.8 Å². The lowest BCUT2D eigenvalue weighted by atomic mass is 9.74. The molecule has 0 aromatic heterocycles. The van der Waals surface area contributed by atoms with Gasteiger partial charge in [0.1, 0.15) is 11.8 Å². The first-order chi connectivity index (χ1) is 21.3. The van der Waals surface area contributed by atoms with E-state index in [1.165, 1.54) is 6.42 Å². The molecule has 6 rings (SSSR count). The molecule has 5 aliphatic rings. The van der Waals surface area contributed by atoms with Gasteiger partial charge in [-0.25, -0.2) is 0 Å². The summed E-state index contributed by atoms with van der Waals surface area (Å²) in [5, 5.41) is 9.25. The van der Waals surface area contributed by atoms with Crippen LogP contribution in [0.4, 0.5) is 5.69 Å². The van der Waals surface area contributed by atoms with Crippen molar-refractivity contribution in [3.8, 4) is 5.75 Å². The van der Waals surface area contributed by atoms with Crippen molar-refractivity contribution in [3.05, 3.63) is 48.6 Å². The van der Waals surface area contributed by atoms with Gasteiger partial charge in [-0.2, -0.15) is 0 Å². The zero-order valence-corrected chi connectivity index (χ0v) is 27.0. The number of rotatable bonds is 10. The number of hydrogen-bond donors (Lipinski definition) is 1. The molecule has 1 unspecified atom stereocenters. The van der Waals surface area contributed by atoms with Crippen molar-refractivity contribution in [2.45, 2.75) is 93.2 Å². The van der Waals surface area contributed by atoms with Crippen molar-refractivity contribution in [1.29, 1.82) is 0 Å². The number of aliphatic hydroxyl groups is 1. The second kappa shape index (κ2) is 12.9. The predicted octanol–water partition coefficient (Wildman–Crippen LogP) is 4.96. The fraction of sp³-hybridized carbons (Fsp3) is 0.629. The molecule has 9 heteroatoms. The van der Waals surface area contributed by atoms with E-state index in [4.69, 9.17) is 4.74 Å². The molecule has 1 saturated carbocycles. The Morgan fingerprint density at radius 3 is 2.34 bits per heavy atom. The van der Waals surface area contributed by atoms with Crippen LogP contribution >= 0.6 is 11.8 Å². The molecule has 1 aromatic rings. The van der Waals surface area contributed by atoms with Gasteiger partial charge in [-0.1, -0.05) is 56.4 Å². The number of nitrogens with zero attached hydrogens (tertiary/aromatic N) is 3. The molecule has 1 spiro atoms. The Balaban J connectivity index is 1.37. The molecule has 8 nitrogen and oxygen atoms in total. The third-order valence-electron chi connectivity index (χ3n) is 10.4. The summed E-state index contributed by atoms with van der Waals surface area (Å²) in [6, 6.07) is 7.14. The van der Waals surface area contributed by atoms with Crippen LogP contribution in [0.15, 0.2) is 48.6 Å². The van der Waals surface area contributed by atoms with Gasteiger partial charge in [0.05, 0.1) is 23.2 Å². The Kier molecular flexibility index (Phi) is 9.16. The van der Waals surface area contributed by atoms with Crippen LogP contribution in [-0.2, 0) is 14.4 Å². The number of likely N-dealkylation sites (tertiary alicyclic amines) is 1. The molecule has 4 heterocycles. The highest BCUT2D eigenvalue weighted by Crippen LogP contribution is 2.65. The van der Waals surface area contributed by atoms with Gasteiger partial charge in [0.2, 0.25) is 17.7 Å². The number of thioether (sulfide) groups is 1. The summed E-state index contributed by atoms with van der Waals surface area (Å²) in [7, 11) is 0. The van der Waals surface area contributed by atoms with Crippen molar-refractivity contribution in [2.24, 2.45) is 11.8 Å². The normalized spacial score (nSPS) is 32.0. The number of carbonyl (C=O) groups excluding carboxylic acids is 3. The van der Waals surface area contributed by atoms with Crippen LogP contribution in [0.25, 0.3) is 0 Å². The van der Waals surface area contributed by atoms with Crippen LogP contribution in [0.2, 0.25) is 0 Å². The molecule has 3 fully saturated rings. The molecular formula is C35H47N3O5S.